The number of hydrogen-bond acceptors (Lipinski definition) is 14. The fourth-order valence-corrected chi connectivity index (χ4v) is 10.6. The first-order valence-electron chi connectivity index (χ1n) is 24.1. The molecular formula is C50H59N11O8. The van der Waals surface area contributed by atoms with Gasteiger partial charge in [0.25, 0.3) is 5.91 Å². The third-order valence-electron chi connectivity index (χ3n) is 14.3. The largest absolute Gasteiger partial charge is 0.495 e. The molecule has 2 aromatic carbocycles. The molecule has 5 aliphatic rings. The molecule has 5 amide bonds. The Hall–Kier alpha value is -6.91. The molecule has 3 N–H and O–H groups in total. The number of hydrogen-bond donors (Lipinski definition) is 3. The minimum Gasteiger partial charge on any atom is -0.495 e. The Balaban J connectivity index is 0.765. The van der Waals surface area contributed by atoms with Crippen molar-refractivity contribution in [3.8, 4) is 28.8 Å². The standard InChI is InChI=1S/C50H59N11O8/c1-4-40-49(67)57(2)42-27-51-50(54-46(42)61(40)35-12-5-6-13-35)52-38-20-15-32(26-43(38)68-3)39-29-60(56-55-39)34-18-16-33(17-19-34)58(45(64)30-62)23-25-69-24-8-7-10-31-11-9-14-36-37(31)28-59(48(36)66)41-21-22-44(63)53-47(41)65/h9,11,14-15,20,26-27,29,33-35,40-41,62H,4-6,8,12-13,16-19,21-25,28,30H2,1-3H3,(H,51,52,54)(H,53,63,65)/t33?,34?,40-,41?/m1/s1. The lowest BCUT2D eigenvalue weighted by Crippen LogP contribution is -2.55. The van der Waals surface area contributed by atoms with Gasteiger partial charge in [-0.3, -0.25) is 29.3 Å². The Morgan fingerprint density at radius 1 is 1.01 bits per heavy atom. The van der Waals surface area contributed by atoms with Gasteiger partial charge in [-0.15, -0.1) is 5.10 Å². The zero-order valence-corrected chi connectivity index (χ0v) is 39.4. The summed E-state index contributed by atoms with van der Waals surface area (Å²) in [5.41, 5.74) is 4.89. The number of piperidine rings is 1. The molecule has 5 heterocycles. The van der Waals surface area contributed by atoms with E-state index < -0.39 is 18.6 Å². The van der Waals surface area contributed by atoms with Crippen LogP contribution in [-0.2, 0) is 30.5 Å². The van der Waals surface area contributed by atoms with E-state index in [1.54, 1.807) is 42.3 Å². The number of anilines is 4. The number of amides is 5. The SMILES string of the molecule is CC[C@@H]1C(=O)N(C)c2cnc(Nc3ccc(-c4cn(C5CCC(N(CCOCCC#Cc6cccc7c6CN(C6CCC(=O)NC6=O)C7=O)C(=O)CO)CC5)nn4)cc3OC)nc2N1C1CCCC1. The number of methoxy groups -OCH3 is 1. The van der Waals surface area contributed by atoms with Gasteiger partial charge in [-0.2, -0.15) is 4.98 Å². The van der Waals surface area contributed by atoms with Gasteiger partial charge in [0, 0.05) is 61.8 Å². The minimum absolute atomic E-state index is 0.0550. The third-order valence-corrected chi connectivity index (χ3v) is 14.3. The lowest BCUT2D eigenvalue weighted by atomic mass is 9.90. The summed E-state index contributed by atoms with van der Waals surface area (Å²) in [4.78, 5) is 80.3. The van der Waals surface area contributed by atoms with Crippen molar-refractivity contribution in [2.75, 3.05) is 55.6 Å². The maximum absolute atomic E-state index is 13.4. The van der Waals surface area contributed by atoms with Crippen LogP contribution in [0.1, 0.15) is 112 Å². The van der Waals surface area contributed by atoms with Gasteiger partial charge < -0.3 is 39.5 Å². The molecule has 1 unspecified atom stereocenters. The zero-order valence-electron chi connectivity index (χ0n) is 39.4. The highest BCUT2D eigenvalue weighted by Crippen LogP contribution is 2.41. The van der Waals surface area contributed by atoms with Crippen molar-refractivity contribution in [2.45, 2.75) is 121 Å². The highest BCUT2D eigenvalue weighted by Gasteiger charge is 2.42. The number of rotatable bonds is 15. The molecule has 2 aliphatic carbocycles. The maximum Gasteiger partial charge on any atom is 0.255 e. The van der Waals surface area contributed by atoms with E-state index >= 15 is 0 Å². The number of fused-ring (bicyclic) bond motifs is 2. The van der Waals surface area contributed by atoms with Gasteiger partial charge in [0.1, 0.15) is 35.8 Å². The predicted octanol–water partition coefficient (Wildman–Crippen LogP) is 4.52. The first kappa shape index (κ1) is 47.2. The summed E-state index contributed by atoms with van der Waals surface area (Å²) in [5.74, 6) is 6.74. The summed E-state index contributed by atoms with van der Waals surface area (Å²) in [5, 5.41) is 24.5. The summed E-state index contributed by atoms with van der Waals surface area (Å²) in [6.45, 7) is 2.67. The molecule has 19 heteroatoms. The van der Waals surface area contributed by atoms with Crippen LogP contribution in [0.25, 0.3) is 11.3 Å². The number of benzene rings is 2. The number of carbonyl (C=O) groups is 5. The van der Waals surface area contributed by atoms with E-state index in [2.05, 4.69) is 42.7 Å². The number of carbonyl (C=O) groups excluding carboxylic acids is 5. The summed E-state index contributed by atoms with van der Waals surface area (Å²) in [6, 6.07) is 10.4. The molecular weight excluding hydrogens is 883 g/mol. The van der Waals surface area contributed by atoms with Crippen molar-refractivity contribution in [1.82, 2.24) is 40.1 Å². The molecule has 4 aromatic rings. The van der Waals surface area contributed by atoms with E-state index in [0.717, 1.165) is 68.3 Å². The summed E-state index contributed by atoms with van der Waals surface area (Å²) in [6.07, 6.45) is 12.6. The molecule has 2 aromatic heterocycles. The van der Waals surface area contributed by atoms with Crippen molar-refractivity contribution < 1.29 is 38.6 Å². The van der Waals surface area contributed by atoms with Crippen LogP contribution in [-0.4, -0.2) is 134 Å². The molecule has 362 valence electrons. The fourth-order valence-electron chi connectivity index (χ4n) is 10.6. The van der Waals surface area contributed by atoms with E-state index in [1.165, 1.54) is 4.90 Å². The lowest BCUT2D eigenvalue weighted by Gasteiger charge is -2.43. The van der Waals surface area contributed by atoms with Gasteiger partial charge in [-0.05, 0) is 81.2 Å². The van der Waals surface area contributed by atoms with Crippen molar-refractivity contribution in [3.05, 3.63) is 65.5 Å². The van der Waals surface area contributed by atoms with E-state index in [9.17, 15) is 29.1 Å². The monoisotopic (exact) mass is 941 g/mol. The first-order chi connectivity index (χ1) is 33.6. The predicted molar refractivity (Wildman–Crippen MR) is 254 cm³/mol. The molecule has 1 saturated heterocycles. The Morgan fingerprint density at radius 2 is 1.83 bits per heavy atom. The van der Waals surface area contributed by atoms with Crippen molar-refractivity contribution in [3.63, 3.8) is 0 Å². The fraction of sp³-hybridized carbons (Fsp3) is 0.500. The van der Waals surface area contributed by atoms with E-state index in [1.807, 2.05) is 42.1 Å². The van der Waals surface area contributed by atoms with Gasteiger partial charge in [0.05, 0.1) is 44.4 Å². The Kier molecular flexibility index (Phi) is 14.2. The van der Waals surface area contributed by atoms with Crippen LogP contribution in [0.15, 0.2) is 48.8 Å². The van der Waals surface area contributed by atoms with Crippen molar-refractivity contribution in [2.24, 2.45) is 0 Å². The Labute approximate surface area is 400 Å². The van der Waals surface area contributed by atoms with Crippen LogP contribution in [0.2, 0.25) is 0 Å². The van der Waals surface area contributed by atoms with Crippen molar-refractivity contribution >= 4 is 52.7 Å². The molecule has 2 atom stereocenters. The average molecular weight is 942 g/mol. The lowest BCUT2D eigenvalue weighted by molar-refractivity contribution is -0.138. The molecule has 9 rings (SSSR count). The van der Waals surface area contributed by atoms with Crippen LogP contribution < -0.4 is 25.2 Å². The highest BCUT2D eigenvalue weighted by molar-refractivity contribution is 6.06. The number of likely N-dealkylation sites (N-methyl/N-ethyl adjacent to an activating group) is 1. The van der Waals surface area contributed by atoms with Gasteiger partial charge in [0.2, 0.25) is 29.6 Å². The molecule has 69 heavy (non-hydrogen) atoms. The third kappa shape index (κ3) is 9.73. The zero-order chi connectivity index (χ0) is 48.2. The maximum atomic E-state index is 13.4. The average Bonchev–Trinajstić information content (AvgIpc) is 4.16. The molecule has 19 nitrogen and oxygen atoms in total. The first-order valence-corrected chi connectivity index (χ1v) is 24.1. The number of aromatic nitrogens is 5. The minimum atomic E-state index is -0.692. The van der Waals surface area contributed by atoms with E-state index in [-0.39, 0.29) is 67.4 Å². The second-order valence-corrected chi connectivity index (χ2v) is 18.3. The summed E-state index contributed by atoms with van der Waals surface area (Å²) in [7, 11) is 3.40. The van der Waals surface area contributed by atoms with Crippen molar-refractivity contribution in [1.29, 1.82) is 0 Å². The van der Waals surface area contributed by atoms with Gasteiger partial charge in [-0.1, -0.05) is 49.0 Å². The second-order valence-electron chi connectivity index (χ2n) is 18.3. The van der Waals surface area contributed by atoms with Crippen LogP contribution >= 0.6 is 0 Å². The molecule has 3 aliphatic heterocycles. The quantitative estimate of drug-likeness (QED) is 0.0849. The molecule has 0 radical (unpaired) electrons. The summed E-state index contributed by atoms with van der Waals surface area (Å²) < 4.78 is 13.6. The van der Waals surface area contributed by atoms with Crippen LogP contribution in [0.3, 0.4) is 0 Å². The number of aliphatic hydroxyl groups excluding tert-OH is 1. The summed E-state index contributed by atoms with van der Waals surface area (Å²) >= 11 is 0. The molecule has 2 saturated carbocycles. The number of nitrogens with one attached hydrogen (secondary N) is 2. The van der Waals surface area contributed by atoms with E-state index in [4.69, 9.17) is 14.5 Å². The van der Waals surface area contributed by atoms with Gasteiger partial charge in [-0.25, -0.2) is 9.67 Å². The smallest absolute Gasteiger partial charge is 0.255 e. The number of aliphatic hydroxyl groups is 1. The highest BCUT2D eigenvalue weighted by atomic mass is 16.5. The number of imide groups is 1. The van der Waals surface area contributed by atoms with Gasteiger partial charge in [0.15, 0.2) is 5.82 Å². The molecule has 0 spiro atoms. The Morgan fingerprint density at radius 3 is 2.58 bits per heavy atom. The van der Waals surface area contributed by atoms with Crippen LogP contribution in [0.5, 0.6) is 5.75 Å². The molecule has 0 bridgehead atoms. The number of ether oxygens (including phenoxy) is 2. The topological polar surface area (TPSA) is 218 Å². The van der Waals surface area contributed by atoms with Gasteiger partial charge >= 0.3 is 0 Å². The molecule has 3 fully saturated rings. The van der Waals surface area contributed by atoms with E-state index in [0.29, 0.717) is 72.3 Å². The normalized spacial score (nSPS) is 21.4. The Bertz CT molecular complexity index is 2670. The van der Waals surface area contributed by atoms with Crippen LogP contribution in [0.4, 0.5) is 23.1 Å². The van der Waals surface area contributed by atoms with Crippen LogP contribution in [0, 0.1) is 11.8 Å². The number of nitrogens with zero attached hydrogens (tertiary/aromatic N) is 9. The second kappa shape index (κ2) is 20.8.